The number of nitrogens with zero attached hydrogens (tertiary/aromatic N) is 2. The molecule has 0 aliphatic heterocycles. The van der Waals surface area contributed by atoms with Gasteiger partial charge in [-0.2, -0.15) is 0 Å². The third-order valence-electron chi connectivity index (χ3n) is 3.23. The lowest BCUT2D eigenvalue weighted by Gasteiger charge is -2.10. The largest absolute Gasteiger partial charge is 0.356 e. The molecule has 1 unspecified atom stereocenters. The zero-order chi connectivity index (χ0) is 14.7. The number of hydrogen-bond donors (Lipinski definition) is 1. The summed E-state index contributed by atoms with van der Waals surface area (Å²) in [4.78, 5) is 16.2. The van der Waals surface area contributed by atoms with E-state index in [2.05, 4.69) is 16.4 Å². The molecule has 2 rings (SSSR count). The lowest BCUT2D eigenvalue weighted by atomic mass is 10.2. The topological polar surface area (TPSA) is 46.9 Å². The fourth-order valence-corrected chi connectivity index (χ4v) is 2.46. The van der Waals surface area contributed by atoms with E-state index in [-0.39, 0.29) is 11.3 Å². The van der Waals surface area contributed by atoms with Crippen LogP contribution in [0.4, 0.5) is 0 Å². The maximum absolute atomic E-state index is 11.6. The van der Waals surface area contributed by atoms with Gasteiger partial charge in [0.15, 0.2) is 0 Å². The number of amides is 1. The molecule has 0 saturated carbocycles. The van der Waals surface area contributed by atoms with E-state index in [1.54, 1.807) is 0 Å². The minimum atomic E-state index is -0.183. The molecule has 0 aliphatic rings. The highest BCUT2D eigenvalue weighted by Crippen LogP contribution is 2.25. The molecular formula is C15H20ClN3O. The van der Waals surface area contributed by atoms with Gasteiger partial charge in [0.05, 0.1) is 16.4 Å². The van der Waals surface area contributed by atoms with Crippen molar-refractivity contribution in [2.75, 3.05) is 6.54 Å². The molecule has 108 valence electrons. The van der Waals surface area contributed by atoms with Gasteiger partial charge in [0.1, 0.15) is 5.82 Å². The van der Waals surface area contributed by atoms with Crippen molar-refractivity contribution in [2.24, 2.45) is 0 Å². The Labute approximate surface area is 124 Å². The van der Waals surface area contributed by atoms with Crippen LogP contribution in [-0.4, -0.2) is 22.0 Å². The second-order valence-corrected chi connectivity index (χ2v) is 5.59. The first-order valence-corrected chi connectivity index (χ1v) is 7.34. The number of alkyl halides is 1. The molecule has 1 aromatic heterocycles. The predicted molar refractivity (Wildman–Crippen MR) is 82.0 cm³/mol. The van der Waals surface area contributed by atoms with Crippen LogP contribution in [0, 0.1) is 6.92 Å². The minimum Gasteiger partial charge on any atom is -0.356 e. The number of nitrogens with one attached hydrogen (secondary N) is 1. The van der Waals surface area contributed by atoms with Crippen LogP contribution in [0.15, 0.2) is 18.2 Å². The molecule has 20 heavy (non-hydrogen) atoms. The maximum Gasteiger partial charge on any atom is 0.221 e. The van der Waals surface area contributed by atoms with E-state index in [0.717, 1.165) is 16.9 Å². The van der Waals surface area contributed by atoms with Crippen LogP contribution in [0.2, 0.25) is 0 Å². The van der Waals surface area contributed by atoms with Crippen LogP contribution in [0.5, 0.6) is 0 Å². The molecule has 1 atom stereocenters. The van der Waals surface area contributed by atoms with E-state index in [0.29, 0.717) is 19.5 Å². The number of hydrogen-bond acceptors (Lipinski definition) is 2. The standard InChI is InChI=1S/C15H20ClN3O/c1-4-17-14(20)7-8-19-13-6-5-10(2)9-12(13)18-15(19)11(3)16/h5-6,9,11H,4,7-8H2,1-3H3,(H,17,20). The van der Waals surface area contributed by atoms with Crippen LogP contribution in [0.3, 0.4) is 0 Å². The fraction of sp³-hybridized carbons (Fsp3) is 0.467. The number of halogens is 1. The first kappa shape index (κ1) is 14.9. The number of rotatable bonds is 5. The Morgan fingerprint density at radius 1 is 1.50 bits per heavy atom. The normalized spacial score (nSPS) is 12.6. The Kier molecular flexibility index (Phi) is 4.65. The van der Waals surface area contributed by atoms with Gasteiger partial charge in [-0.1, -0.05) is 6.07 Å². The van der Waals surface area contributed by atoms with E-state index in [1.165, 1.54) is 5.56 Å². The quantitative estimate of drug-likeness (QED) is 0.861. The Hall–Kier alpha value is -1.55. The summed E-state index contributed by atoms with van der Waals surface area (Å²) < 4.78 is 2.04. The van der Waals surface area contributed by atoms with Gasteiger partial charge >= 0.3 is 0 Å². The molecule has 0 radical (unpaired) electrons. The molecule has 4 nitrogen and oxygen atoms in total. The second-order valence-electron chi connectivity index (χ2n) is 4.93. The number of benzene rings is 1. The number of aryl methyl sites for hydroxylation is 2. The van der Waals surface area contributed by atoms with Gasteiger partial charge in [0, 0.05) is 19.5 Å². The van der Waals surface area contributed by atoms with Crippen molar-refractivity contribution in [1.29, 1.82) is 0 Å². The van der Waals surface area contributed by atoms with Gasteiger partial charge in [-0.15, -0.1) is 11.6 Å². The van der Waals surface area contributed by atoms with Gasteiger partial charge < -0.3 is 9.88 Å². The highest BCUT2D eigenvalue weighted by Gasteiger charge is 2.15. The minimum absolute atomic E-state index is 0.0506. The zero-order valence-corrected chi connectivity index (χ0v) is 12.9. The number of imidazole rings is 1. The first-order chi connectivity index (χ1) is 9.52. The monoisotopic (exact) mass is 293 g/mol. The van der Waals surface area contributed by atoms with Crippen molar-refractivity contribution in [3.05, 3.63) is 29.6 Å². The van der Waals surface area contributed by atoms with Gasteiger partial charge in [-0.3, -0.25) is 4.79 Å². The summed E-state index contributed by atoms with van der Waals surface area (Å²) in [6.07, 6.45) is 0.434. The summed E-state index contributed by atoms with van der Waals surface area (Å²) in [5.41, 5.74) is 3.13. The summed E-state index contributed by atoms with van der Waals surface area (Å²) in [6.45, 7) is 7.11. The van der Waals surface area contributed by atoms with E-state index in [4.69, 9.17) is 11.6 Å². The number of carbonyl (C=O) groups excluding carboxylic acids is 1. The van der Waals surface area contributed by atoms with Crippen LogP contribution < -0.4 is 5.32 Å². The summed E-state index contributed by atoms with van der Waals surface area (Å²) in [5, 5.41) is 2.62. The Morgan fingerprint density at radius 3 is 2.90 bits per heavy atom. The number of aromatic nitrogens is 2. The number of fused-ring (bicyclic) bond motifs is 1. The predicted octanol–water partition coefficient (Wildman–Crippen LogP) is 3.17. The molecule has 0 bridgehead atoms. The summed E-state index contributed by atoms with van der Waals surface area (Å²) >= 11 is 6.21. The molecule has 1 amide bonds. The molecule has 2 aromatic rings. The maximum atomic E-state index is 11.6. The Balaban J connectivity index is 2.34. The Bertz CT molecular complexity index is 619. The molecule has 1 N–H and O–H groups in total. The number of carbonyl (C=O) groups is 1. The molecule has 0 saturated heterocycles. The summed E-state index contributed by atoms with van der Waals surface area (Å²) in [7, 11) is 0. The molecule has 1 heterocycles. The van der Waals surface area contributed by atoms with Crippen LogP contribution in [0.25, 0.3) is 11.0 Å². The molecule has 1 aromatic carbocycles. The van der Waals surface area contributed by atoms with Gasteiger partial charge in [-0.25, -0.2) is 4.98 Å². The van der Waals surface area contributed by atoms with E-state index < -0.39 is 0 Å². The van der Waals surface area contributed by atoms with Crippen molar-refractivity contribution in [3.8, 4) is 0 Å². The lowest BCUT2D eigenvalue weighted by molar-refractivity contribution is -0.121. The average Bonchev–Trinajstić information content (AvgIpc) is 2.74. The lowest BCUT2D eigenvalue weighted by Crippen LogP contribution is -2.24. The highest BCUT2D eigenvalue weighted by atomic mass is 35.5. The van der Waals surface area contributed by atoms with Crippen molar-refractivity contribution >= 4 is 28.5 Å². The average molecular weight is 294 g/mol. The van der Waals surface area contributed by atoms with E-state index >= 15 is 0 Å². The first-order valence-electron chi connectivity index (χ1n) is 6.90. The van der Waals surface area contributed by atoms with E-state index in [9.17, 15) is 4.79 Å². The van der Waals surface area contributed by atoms with Gasteiger partial charge in [0.2, 0.25) is 5.91 Å². The third-order valence-corrected chi connectivity index (χ3v) is 3.42. The van der Waals surface area contributed by atoms with Crippen LogP contribution in [0.1, 0.15) is 37.0 Å². The fourth-order valence-electron chi connectivity index (χ4n) is 2.30. The molecule has 0 fully saturated rings. The smallest absolute Gasteiger partial charge is 0.221 e. The molecule has 5 heteroatoms. The molecule has 0 spiro atoms. The van der Waals surface area contributed by atoms with E-state index in [1.807, 2.05) is 37.5 Å². The third kappa shape index (κ3) is 3.12. The zero-order valence-electron chi connectivity index (χ0n) is 12.1. The Morgan fingerprint density at radius 2 is 2.25 bits per heavy atom. The van der Waals surface area contributed by atoms with Crippen LogP contribution in [-0.2, 0) is 11.3 Å². The van der Waals surface area contributed by atoms with Crippen molar-refractivity contribution in [3.63, 3.8) is 0 Å². The van der Waals surface area contributed by atoms with Gasteiger partial charge in [0.25, 0.3) is 0 Å². The van der Waals surface area contributed by atoms with Crippen molar-refractivity contribution < 1.29 is 4.79 Å². The summed E-state index contributed by atoms with van der Waals surface area (Å²) in [6, 6.07) is 6.13. The van der Waals surface area contributed by atoms with Crippen LogP contribution >= 0.6 is 11.6 Å². The highest BCUT2D eigenvalue weighted by molar-refractivity contribution is 6.20. The van der Waals surface area contributed by atoms with Crippen molar-refractivity contribution in [1.82, 2.24) is 14.9 Å². The second kappa shape index (κ2) is 6.27. The SMILES string of the molecule is CCNC(=O)CCn1c(C(C)Cl)nc2cc(C)ccc21. The summed E-state index contributed by atoms with van der Waals surface area (Å²) in [5.74, 6) is 0.867. The molecular weight excluding hydrogens is 274 g/mol. The molecule has 0 aliphatic carbocycles. The van der Waals surface area contributed by atoms with Gasteiger partial charge in [-0.05, 0) is 38.5 Å². The van der Waals surface area contributed by atoms with Crippen molar-refractivity contribution in [2.45, 2.75) is 39.1 Å².